The highest BCUT2D eigenvalue weighted by Gasteiger charge is 2.03. The average molecular weight is 192 g/mol. The van der Waals surface area contributed by atoms with Crippen LogP contribution in [0.1, 0.15) is 0 Å². The Morgan fingerprint density at radius 2 is 2.31 bits per heavy atom. The van der Waals surface area contributed by atoms with E-state index in [0.29, 0.717) is 5.82 Å². The summed E-state index contributed by atoms with van der Waals surface area (Å²) in [5, 5.41) is 2.72. The van der Waals surface area contributed by atoms with Gasteiger partial charge in [0.05, 0.1) is 5.69 Å². The minimum absolute atomic E-state index is 0.672. The summed E-state index contributed by atoms with van der Waals surface area (Å²) in [6.07, 6.45) is 1.74. The summed E-state index contributed by atoms with van der Waals surface area (Å²) in [5.41, 5.74) is 3.36. The number of thiazole rings is 1. The third kappa shape index (κ3) is 1.66. The maximum Gasteiger partial charge on any atom is 0.151 e. The molecule has 2 aromatic rings. The SMILES string of the molecule is NNc1csc(-c2ccccn2)n1. The number of hydrogen-bond acceptors (Lipinski definition) is 5. The molecule has 0 atom stereocenters. The predicted octanol–water partition coefficient (Wildman–Crippen LogP) is 1.49. The molecule has 0 radical (unpaired) electrons. The number of rotatable bonds is 2. The first-order valence-corrected chi connectivity index (χ1v) is 4.61. The second-order valence-corrected chi connectivity index (χ2v) is 3.26. The molecule has 0 amide bonds. The van der Waals surface area contributed by atoms with E-state index < -0.39 is 0 Å². The van der Waals surface area contributed by atoms with E-state index in [-0.39, 0.29) is 0 Å². The minimum atomic E-state index is 0.672. The molecule has 0 aliphatic heterocycles. The lowest BCUT2D eigenvalue weighted by molar-refractivity contribution is 1.25. The largest absolute Gasteiger partial charge is 0.308 e. The fraction of sp³-hybridized carbons (Fsp3) is 0. The van der Waals surface area contributed by atoms with Crippen LogP contribution in [0.4, 0.5) is 5.82 Å². The van der Waals surface area contributed by atoms with Gasteiger partial charge in [-0.05, 0) is 12.1 Å². The first kappa shape index (κ1) is 8.15. The number of nitrogens with zero attached hydrogens (tertiary/aromatic N) is 2. The molecule has 0 aliphatic carbocycles. The summed E-state index contributed by atoms with van der Waals surface area (Å²) in [6, 6.07) is 5.72. The van der Waals surface area contributed by atoms with Crippen LogP contribution in [0.5, 0.6) is 0 Å². The van der Waals surface area contributed by atoms with Gasteiger partial charge in [-0.15, -0.1) is 11.3 Å². The molecule has 2 aromatic heterocycles. The maximum absolute atomic E-state index is 5.21. The Bertz CT molecular complexity index is 384. The summed E-state index contributed by atoms with van der Waals surface area (Å²) < 4.78 is 0. The number of nitrogens with two attached hydrogens (primary N) is 1. The molecule has 0 unspecified atom stereocenters. The second-order valence-electron chi connectivity index (χ2n) is 2.40. The number of pyridine rings is 1. The van der Waals surface area contributed by atoms with Crippen LogP contribution >= 0.6 is 11.3 Å². The molecule has 3 N–H and O–H groups in total. The van der Waals surface area contributed by atoms with E-state index in [1.807, 2.05) is 23.6 Å². The lowest BCUT2D eigenvalue weighted by atomic mass is 10.4. The van der Waals surface area contributed by atoms with Crippen molar-refractivity contribution in [2.75, 3.05) is 5.43 Å². The standard InChI is InChI=1S/C8H8N4S/c9-12-7-5-13-8(11-7)6-3-1-2-4-10-6/h1-5,12H,9H2. The van der Waals surface area contributed by atoms with Crippen LogP contribution < -0.4 is 11.3 Å². The molecular formula is C8H8N4S. The van der Waals surface area contributed by atoms with Gasteiger partial charge in [-0.25, -0.2) is 10.8 Å². The molecule has 0 saturated carbocycles. The van der Waals surface area contributed by atoms with E-state index in [0.717, 1.165) is 10.7 Å². The molecule has 2 heterocycles. The van der Waals surface area contributed by atoms with E-state index in [2.05, 4.69) is 15.4 Å². The summed E-state index contributed by atoms with van der Waals surface area (Å²) in [7, 11) is 0. The summed E-state index contributed by atoms with van der Waals surface area (Å²) in [4.78, 5) is 8.39. The molecule has 4 nitrogen and oxygen atoms in total. The number of aromatic nitrogens is 2. The van der Waals surface area contributed by atoms with Crippen molar-refractivity contribution in [2.45, 2.75) is 0 Å². The van der Waals surface area contributed by atoms with Crippen LogP contribution in [-0.2, 0) is 0 Å². The minimum Gasteiger partial charge on any atom is -0.308 e. The number of nitrogen functional groups attached to an aromatic ring is 1. The van der Waals surface area contributed by atoms with Crippen LogP contribution in [0.25, 0.3) is 10.7 Å². The third-order valence-electron chi connectivity index (χ3n) is 1.54. The molecule has 0 aliphatic rings. The van der Waals surface area contributed by atoms with Crippen molar-refractivity contribution < 1.29 is 0 Å². The van der Waals surface area contributed by atoms with E-state index in [4.69, 9.17) is 5.84 Å². The molecule has 0 saturated heterocycles. The Morgan fingerprint density at radius 1 is 1.38 bits per heavy atom. The smallest absolute Gasteiger partial charge is 0.151 e. The van der Waals surface area contributed by atoms with Crippen LogP contribution in [0.3, 0.4) is 0 Å². The third-order valence-corrected chi connectivity index (χ3v) is 2.40. The second kappa shape index (κ2) is 3.51. The topological polar surface area (TPSA) is 63.8 Å². The molecule has 2 rings (SSSR count). The van der Waals surface area contributed by atoms with Crippen LogP contribution in [0, 0.1) is 0 Å². The van der Waals surface area contributed by atoms with Crippen molar-refractivity contribution in [3.8, 4) is 10.7 Å². The Morgan fingerprint density at radius 3 is 2.92 bits per heavy atom. The van der Waals surface area contributed by atoms with Crippen molar-refractivity contribution in [1.82, 2.24) is 9.97 Å². The number of hydrogen-bond donors (Lipinski definition) is 2. The Balaban J connectivity index is 2.36. The van der Waals surface area contributed by atoms with E-state index in [1.54, 1.807) is 6.20 Å². The highest BCUT2D eigenvalue weighted by molar-refractivity contribution is 7.13. The lowest BCUT2D eigenvalue weighted by Crippen LogP contribution is -2.06. The molecule has 0 fully saturated rings. The van der Waals surface area contributed by atoms with Gasteiger partial charge in [0.15, 0.2) is 5.82 Å². The highest BCUT2D eigenvalue weighted by Crippen LogP contribution is 2.22. The summed E-state index contributed by atoms with van der Waals surface area (Å²) in [6.45, 7) is 0. The molecule has 13 heavy (non-hydrogen) atoms. The predicted molar refractivity (Wildman–Crippen MR) is 53.2 cm³/mol. The zero-order chi connectivity index (χ0) is 9.10. The van der Waals surface area contributed by atoms with Crippen molar-refractivity contribution in [2.24, 2.45) is 5.84 Å². The first-order valence-electron chi connectivity index (χ1n) is 3.73. The maximum atomic E-state index is 5.21. The van der Waals surface area contributed by atoms with E-state index in [1.165, 1.54) is 11.3 Å². The van der Waals surface area contributed by atoms with Crippen molar-refractivity contribution in [1.29, 1.82) is 0 Å². The molecule has 5 heteroatoms. The summed E-state index contributed by atoms with van der Waals surface area (Å²) in [5.74, 6) is 5.89. The zero-order valence-electron chi connectivity index (χ0n) is 6.77. The van der Waals surface area contributed by atoms with E-state index in [9.17, 15) is 0 Å². The van der Waals surface area contributed by atoms with Gasteiger partial charge in [0, 0.05) is 11.6 Å². The van der Waals surface area contributed by atoms with Gasteiger partial charge in [-0.1, -0.05) is 6.07 Å². The molecule has 66 valence electrons. The van der Waals surface area contributed by atoms with Crippen molar-refractivity contribution in [3.63, 3.8) is 0 Å². The van der Waals surface area contributed by atoms with Crippen LogP contribution in [0.2, 0.25) is 0 Å². The highest BCUT2D eigenvalue weighted by atomic mass is 32.1. The monoisotopic (exact) mass is 192 g/mol. The molecule has 0 aromatic carbocycles. The number of nitrogens with one attached hydrogen (secondary N) is 1. The number of hydrazine groups is 1. The van der Waals surface area contributed by atoms with Gasteiger partial charge in [-0.2, -0.15) is 0 Å². The van der Waals surface area contributed by atoms with Crippen LogP contribution in [-0.4, -0.2) is 9.97 Å². The van der Waals surface area contributed by atoms with E-state index >= 15 is 0 Å². The zero-order valence-corrected chi connectivity index (χ0v) is 7.58. The fourth-order valence-electron chi connectivity index (χ4n) is 0.947. The fourth-order valence-corrected chi connectivity index (χ4v) is 1.68. The van der Waals surface area contributed by atoms with Gasteiger partial charge in [0.1, 0.15) is 5.01 Å². The normalized spacial score (nSPS) is 9.92. The summed E-state index contributed by atoms with van der Waals surface area (Å²) >= 11 is 1.51. The molecular weight excluding hydrogens is 184 g/mol. The van der Waals surface area contributed by atoms with Crippen LogP contribution in [0.15, 0.2) is 29.8 Å². The van der Waals surface area contributed by atoms with Gasteiger partial charge < -0.3 is 5.43 Å². The molecule has 0 bridgehead atoms. The Hall–Kier alpha value is -1.46. The quantitative estimate of drug-likeness (QED) is 0.559. The lowest BCUT2D eigenvalue weighted by Gasteiger charge is -1.92. The van der Waals surface area contributed by atoms with Crippen molar-refractivity contribution in [3.05, 3.63) is 29.8 Å². The number of anilines is 1. The van der Waals surface area contributed by atoms with Crippen molar-refractivity contribution >= 4 is 17.2 Å². The molecule has 0 spiro atoms. The van der Waals surface area contributed by atoms with Gasteiger partial charge in [-0.3, -0.25) is 4.98 Å². The Kier molecular flexibility index (Phi) is 2.20. The average Bonchev–Trinajstić information content (AvgIpc) is 2.67. The first-order chi connectivity index (χ1) is 6.40. The van der Waals surface area contributed by atoms with Gasteiger partial charge in [0.25, 0.3) is 0 Å². The van der Waals surface area contributed by atoms with Gasteiger partial charge in [0.2, 0.25) is 0 Å². The van der Waals surface area contributed by atoms with Gasteiger partial charge >= 0.3 is 0 Å². The Labute approximate surface area is 79.4 Å².